The molecule has 0 unspecified atom stereocenters. The Labute approximate surface area is 158 Å². The van der Waals surface area contributed by atoms with Crippen molar-refractivity contribution in [2.75, 3.05) is 0 Å². The second-order valence-electron chi connectivity index (χ2n) is 10.2. The van der Waals surface area contributed by atoms with Crippen molar-refractivity contribution in [3.05, 3.63) is 48.0 Å². The van der Waals surface area contributed by atoms with Gasteiger partial charge in [0.05, 0.1) is 17.1 Å². The Morgan fingerprint density at radius 1 is 1.04 bits per heavy atom. The van der Waals surface area contributed by atoms with E-state index in [2.05, 4.69) is 12.2 Å². The first kappa shape index (κ1) is 14.3. The van der Waals surface area contributed by atoms with Gasteiger partial charge >= 0.3 is 0 Å². The van der Waals surface area contributed by atoms with Gasteiger partial charge in [-0.3, -0.25) is 9.59 Å². The third kappa shape index (κ3) is 1.11. The first-order chi connectivity index (χ1) is 13.2. The smallest absolute Gasteiger partial charge is 0.166 e. The van der Waals surface area contributed by atoms with Crippen LogP contribution >= 0.6 is 0 Å². The van der Waals surface area contributed by atoms with E-state index in [0.717, 1.165) is 12.0 Å². The summed E-state index contributed by atoms with van der Waals surface area (Å²) in [6.07, 6.45) is 8.09. The summed E-state index contributed by atoms with van der Waals surface area (Å²) in [5.41, 5.74) is 0.181. The molecule has 9 aliphatic rings. The molecule has 1 saturated heterocycles. The molecule has 8 bridgehead atoms. The highest BCUT2D eigenvalue weighted by atomic mass is 16.5. The molecule has 1 aromatic carbocycles. The maximum Gasteiger partial charge on any atom is 0.166 e. The maximum absolute atomic E-state index is 13.9. The van der Waals surface area contributed by atoms with E-state index >= 15 is 0 Å². The summed E-state index contributed by atoms with van der Waals surface area (Å²) >= 11 is 0. The Kier molecular flexibility index (Phi) is 2.12. The van der Waals surface area contributed by atoms with E-state index in [-0.39, 0.29) is 46.6 Å². The number of ether oxygens (including phenoxy) is 1. The predicted octanol–water partition coefficient (Wildman–Crippen LogP) is 3.30. The lowest BCUT2D eigenvalue weighted by molar-refractivity contribution is -0.301. The Hall–Kier alpha value is -1.74. The highest BCUT2D eigenvalue weighted by Gasteiger charge is 2.96. The molecule has 8 aliphatic carbocycles. The average molecular weight is 358 g/mol. The number of carbonyl (C=O) groups excluding carboxylic acids is 2. The van der Waals surface area contributed by atoms with E-state index in [1.54, 1.807) is 0 Å². The second kappa shape index (κ2) is 4.00. The summed E-state index contributed by atoms with van der Waals surface area (Å²) in [6, 6.07) is 9.69. The van der Waals surface area contributed by atoms with Gasteiger partial charge in [0.25, 0.3) is 0 Å². The van der Waals surface area contributed by atoms with E-state index in [4.69, 9.17) is 4.74 Å². The highest BCUT2D eigenvalue weighted by molar-refractivity contribution is 6.02. The van der Waals surface area contributed by atoms with Gasteiger partial charge in [0.2, 0.25) is 0 Å². The van der Waals surface area contributed by atoms with Gasteiger partial charge in [-0.25, -0.2) is 0 Å². The maximum atomic E-state index is 13.9. The van der Waals surface area contributed by atoms with Crippen LogP contribution in [0.1, 0.15) is 29.6 Å². The summed E-state index contributed by atoms with van der Waals surface area (Å²) in [5.74, 6) is 3.35. The van der Waals surface area contributed by atoms with E-state index in [1.807, 2.05) is 30.3 Å². The van der Waals surface area contributed by atoms with E-state index in [0.29, 0.717) is 29.5 Å². The SMILES string of the molecule is O=C(c1ccccc1)[C@H]1C[C@H]2C=C[C@@H]1[C@@]13C(=O)[C@@H]4[C@H]5CC[C@H]6[C@@H]4O[C@@]21[C@H]6[C@H]53. The molecule has 11 atom stereocenters. The summed E-state index contributed by atoms with van der Waals surface area (Å²) < 4.78 is 6.88. The molecule has 1 heterocycles. The molecule has 0 amide bonds. The van der Waals surface area contributed by atoms with Gasteiger partial charge in [-0.1, -0.05) is 42.5 Å². The van der Waals surface area contributed by atoms with Gasteiger partial charge in [-0.15, -0.1) is 0 Å². The van der Waals surface area contributed by atoms with Crippen LogP contribution in [0, 0.1) is 52.8 Å². The molecular weight excluding hydrogens is 336 g/mol. The monoisotopic (exact) mass is 358 g/mol. The number of allylic oxidation sites excluding steroid dienone is 1. The summed E-state index contributed by atoms with van der Waals surface area (Å²) in [4.78, 5) is 27.3. The molecule has 27 heavy (non-hydrogen) atoms. The van der Waals surface area contributed by atoms with Crippen molar-refractivity contribution in [1.82, 2.24) is 0 Å². The molecule has 1 aliphatic heterocycles. The second-order valence-corrected chi connectivity index (χ2v) is 10.2. The lowest BCUT2D eigenvalue weighted by Crippen LogP contribution is -2.81. The Balaban J connectivity index is 1.32. The molecule has 3 heteroatoms. The number of fused-ring (bicyclic) bond motifs is 2. The molecule has 136 valence electrons. The van der Waals surface area contributed by atoms with Crippen LogP contribution < -0.4 is 0 Å². The van der Waals surface area contributed by atoms with Crippen LogP contribution in [0.3, 0.4) is 0 Å². The van der Waals surface area contributed by atoms with E-state index < -0.39 is 0 Å². The first-order valence-corrected chi connectivity index (χ1v) is 10.7. The van der Waals surface area contributed by atoms with Crippen molar-refractivity contribution in [3.63, 3.8) is 0 Å². The zero-order valence-electron chi connectivity index (χ0n) is 15.1. The topological polar surface area (TPSA) is 43.4 Å². The Morgan fingerprint density at radius 2 is 1.85 bits per heavy atom. The Bertz CT molecular complexity index is 965. The van der Waals surface area contributed by atoms with Gasteiger partial charge in [-0.2, -0.15) is 0 Å². The van der Waals surface area contributed by atoms with Gasteiger partial charge < -0.3 is 4.74 Å². The van der Waals surface area contributed by atoms with Gasteiger partial charge in [0.1, 0.15) is 5.78 Å². The van der Waals surface area contributed by atoms with Gasteiger partial charge in [0.15, 0.2) is 5.78 Å². The predicted molar refractivity (Wildman–Crippen MR) is 96.7 cm³/mol. The molecule has 7 fully saturated rings. The minimum absolute atomic E-state index is 0.0502. The van der Waals surface area contributed by atoms with Crippen molar-refractivity contribution in [2.45, 2.75) is 31.0 Å². The number of rotatable bonds is 2. The van der Waals surface area contributed by atoms with Crippen molar-refractivity contribution in [2.24, 2.45) is 52.8 Å². The molecule has 0 radical (unpaired) electrons. The van der Waals surface area contributed by atoms with Crippen LogP contribution in [0.15, 0.2) is 42.5 Å². The molecule has 2 spiro atoms. The van der Waals surface area contributed by atoms with Crippen molar-refractivity contribution >= 4 is 11.6 Å². The minimum Gasteiger partial charge on any atom is -0.369 e. The zero-order valence-corrected chi connectivity index (χ0v) is 15.1. The third-order valence-corrected chi connectivity index (χ3v) is 10.1. The number of ketones is 2. The zero-order chi connectivity index (χ0) is 17.7. The molecule has 10 rings (SSSR count). The van der Waals surface area contributed by atoms with Crippen LogP contribution in [-0.4, -0.2) is 23.3 Å². The van der Waals surface area contributed by atoms with Crippen molar-refractivity contribution in [3.8, 4) is 0 Å². The average Bonchev–Trinajstić information content (AvgIpc) is 2.97. The van der Waals surface area contributed by atoms with E-state index in [9.17, 15) is 9.59 Å². The van der Waals surface area contributed by atoms with E-state index in [1.165, 1.54) is 12.8 Å². The fraction of sp³-hybridized carbons (Fsp3) is 0.583. The minimum atomic E-state index is -0.370. The summed E-state index contributed by atoms with van der Waals surface area (Å²) in [7, 11) is 0. The standard InChI is InChI=1S/C24H22O3/c25-20(11-4-2-1-3-5-11)15-10-12-6-9-16(15)23-18-13-7-8-14-19(18)24(12,23)27-21(14)17(13)22(23)26/h1-6,9,12-19,21H,7-8,10H2/t12-,13-,14-,15+,16+,17-,18+,19-,21+,23-,24-/m1/s1. The van der Waals surface area contributed by atoms with Crippen LogP contribution in [0.2, 0.25) is 0 Å². The molecular formula is C24H22O3. The van der Waals surface area contributed by atoms with Gasteiger partial charge in [0, 0.05) is 29.2 Å². The largest absolute Gasteiger partial charge is 0.369 e. The number of carbonyl (C=O) groups is 2. The number of hydrogen-bond acceptors (Lipinski definition) is 3. The molecule has 6 saturated carbocycles. The fourth-order valence-corrected chi connectivity index (χ4v) is 9.79. The molecule has 0 N–H and O–H groups in total. The van der Waals surface area contributed by atoms with Crippen LogP contribution in [0.25, 0.3) is 0 Å². The number of benzene rings is 1. The fourth-order valence-electron chi connectivity index (χ4n) is 9.79. The number of hydrogen-bond donors (Lipinski definition) is 0. The highest BCUT2D eigenvalue weighted by Crippen LogP contribution is 2.89. The lowest BCUT2D eigenvalue weighted by atomic mass is 9.29. The molecule has 1 aromatic rings. The van der Waals surface area contributed by atoms with Crippen LogP contribution in [-0.2, 0) is 9.53 Å². The van der Waals surface area contributed by atoms with Crippen molar-refractivity contribution < 1.29 is 14.3 Å². The normalized spacial score (nSPS) is 59.3. The van der Waals surface area contributed by atoms with Crippen LogP contribution in [0.4, 0.5) is 0 Å². The molecule has 0 aromatic heterocycles. The van der Waals surface area contributed by atoms with Gasteiger partial charge in [-0.05, 0) is 42.9 Å². The first-order valence-electron chi connectivity index (χ1n) is 10.7. The molecule has 3 nitrogen and oxygen atoms in total. The summed E-state index contributed by atoms with van der Waals surface area (Å²) in [5, 5.41) is 0. The number of Topliss-reactive ketones (excluding diaryl/α,β-unsaturated/α-hetero) is 2. The quantitative estimate of drug-likeness (QED) is 0.602. The summed E-state index contributed by atoms with van der Waals surface area (Å²) in [6.45, 7) is 0. The van der Waals surface area contributed by atoms with Crippen LogP contribution in [0.5, 0.6) is 0 Å². The lowest BCUT2D eigenvalue weighted by Gasteiger charge is -2.74. The van der Waals surface area contributed by atoms with Crippen molar-refractivity contribution in [1.29, 1.82) is 0 Å². The third-order valence-electron chi connectivity index (χ3n) is 10.1. The Morgan fingerprint density at radius 3 is 2.70 bits per heavy atom.